The topological polar surface area (TPSA) is 99.8 Å². The van der Waals surface area contributed by atoms with Crippen LogP contribution in [-0.4, -0.2) is 22.2 Å². The Morgan fingerprint density at radius 1 is 1.28 bits per heavy atom. The lowest BCUT2D eigenvalue weighted by Gasteiger charge is -2.15. The van der Waals surface area contributed by atoms with Gasteiger partial charge in [0.2, 0.25) is 0 Å². The Morgan fingerprint density at radius 2 is 2.04 bits per heavy atom. The van der Waals surface area contributed by atoms with Crippen LogP contribution in [0.4, 0.5) is 0 Å². The third kappa shape index (κ3) is 4.60. The zero-order chi connectivity index (χ0) is 18.4. The molecule has 0 radical (unpaired) electrons. The van der Waals surface area contributed by atoms with Crippen LogP contribution >= 0.6 is 0 Å². The van der Waals surface area contributed by atoms with E-state index in [0.717, 1.165) is 36.6 Å². The summed E-state index contributed by atoms with van der Waals surface area (Å²) in [4.78, 5) is 23.2. The van der Waals surface area contributed by atoms with Gasteiger partial charge in [-0.2, -0.15) is 0 Å². The molecule has 0 saturated heterocycles. The second kappa shape index (κ2) is 8.67. The Morgan fingerprint density at radius 3 is 2.68 bits per heavy atom. The number of rotatable bonds is 9. The molecule has 0 amide bonds. The molecular formula is C19H25NO5. The minimum absolute atomic E-state index is 0.0172. The first kappa shape index (κ1) is 19.0. The van der Waals surface area contributed by atoms with Crippen molar-refractivity contribution in [2.24, 2.45) is 0 Å². The molecule has 1 heterocycles. The number of aliphatic carboxylic acids is 1. The van der Waals surface area contributed by atoms with Gasteiger partial charge >= 0.3 is 11.6 Å². The predicted molar refractivity (Wildman–Crippen MR) is 95.9 cm³/mol. The van der Waals surface area contributed by atoms with Crippen LogP contribution in [0, 0.1) is 0 Å². The molecule has 0 bridgehead atoms. The molecule has 0 unspecified atom stereocenters. The first-order valence-electron chi connectivity index (χ1n) is 8.71. The summed E-state index contributed by atoms with van der Waals surface area (Å²) in [6.45, 7) is 4.10. The minimum Gasteiger partial charge on any atom is -0.507 e. The molecule has 3 N–H and O–H groups in total. The third-order valence-corrected chi connectivity index (χ3v) is 4.28. The lowest BCUT2D eigenvalue weighted by Crippen LogP contribution is -2.36. The van der Waals surface area contributed by atoms with E-state index in [9.17, 15) is 19.8 Å². The fourth-order valence-corrected chi connectivity index (χ4v) is 2.91. The quantitative estimate of drug-likeness (QED) is 0.603. The highest BCUT2D eigenvalue weighted by molar-refractivity contribution is 5.85. The first-order chi connectivity index (χ1) is 12.0. The second-order valence-electron chi connectivity index (χ2n) is 6.19. The molecule has 25 heavy (non-hydrogen) atoms. The summed E-state index contributed by atoms with van der Waals surface area (Å²) in [5.41, 5.74) is 1.16. The van der Waals surface area contributed by atoms with Crippen LogP contribution in [-0.2, 0) is 17.8 Å². The third-order valence-electron chi connectivity index (χ3n) is 4.28. The van der Waals surface area contributed by atoms with E-state index >= 15 is 0 Å². The van der Waals surface area contributed by atoms with Crippen molar-refractivity contribution in [3.05, 3.63) is 39.7 Å². The summed E-state index contributed by atoms with van der Waals surface area (Å²) in [7, 11) is 0. The Hall–Kier alpha value is -2.34. The van der Waals surface area contributed by atoms with E-state index in [0.29, 0.717) is 17.6 Å². The molecule has 1 aromatic carbocycles. The summed E-state index contributed by atoms with van der Waals surface area (Å²) in [5, 5.41) is 23.2. The lowest BCUT2D eigenvalue weighted by molar-refractivity contribution is -0.139. The number of carboxylic acids is 1. The average molecular weight is 347 g/mol. The van der Waals surface area contributed by atoms with Gasteiger partial charge < -0.3 is 19.9 Å². The molecule has 6 nitrogen and oxygen atoms in total. The highest BCUT2D eigenvalue weighted by atomic mass is 16.4. The Bertz CT molecular complexity index is 796. The Labute approximate surface area is 146 Å². The summed E-state index contributed by atoms with van der Waals surface area (Å²) >= 11 is 0. The number of hydrogen-bond acceptors (Lipinski definition) is 5. The molecule has 0 spiro atoms. The molecule has 1 aromatic heterocycles. The normalized spacial score (nSPS) is 12.4. The molecule has 0 aliphatic carbocycles. The molecule has 0 aliphatic heterocycles. The Balaban J connectivity index is 2.41. The van der Waals surface area contributed by atoms with E-state index in [4.69, 9.17) is 4.42 Å². The number of phenols is 1. The molecular weight excluding hydrogens is 322 g/mol. The van der Waals surface area contributed by atoms with Crippen molar-refractivity contribution in [3.8, 4) is 5.75 Å². The van der Waals surface area contributed by atoms with Crippen LogP contribution in [0.25, 0.3) is 11.0 Å². The number of phenolic OH excluding ortho intramolecular Hbond substituents is 1. The molecule has 136 valence electrons. The number of fused-ring (bicyclic) bond motifs is 1. The molecule has 0 fully saturated rings. The lowest BCUT2D eigenvalue weighted by atomic mass is 10.0. The van der Waals surface area contributed by atoms with Gasteiger partial charge in [-0.3, -0.25) is 4.79 Å². The molecule has 6 heteroatoms. The van der Waals surface area contributed by atoms with Crippen molar-refractivity contribution < 1.29 is 19.4 Å². The number of nitrogens with one attached hydrogen (secondary N) is 1. The van der Waals surface area contributed by atoms with Crippen LogP contribution < -0.4 is 10.9 Å². The molecule has 0 saturated carbocycles. The number of unbranched alkanes of at least 4 members (excludes halogenated alkanes) is 1. The van der Waals surface area contributed by atoms with Crippen LogP contribution in [0.2, 0.25) is 0 Å². The fraction of sp³-hybridized carbons (Fsp3) is 0.474. The van der Waals surface area contributed by atoms with Gasteiger partial charge in [0.05, 0.1) is 5.56 Å². The van der Waals surface area contributed by atoms with Crippen LogP contribution in [0.5, 0.6) is 5.75 Å². The smallest absolute Gasteiger partial charge is 0.336 e. The van der Waals surface area contributed by atoms with Gasteiger partial charge in [-0.05, 0) is 37.0 Å². The van der Waals surface area contributed by atoms with Crippen molar-refractivity contribution in [1.82, 2.24) is 5.32 Å². The summed E-state index contributed by atoms with van der Waals surface area (Å²) in [5.74, 6) is -0.955. The summed E-state index contributed by atoms with van der Waals surface area (Å²) in [6.07, 6.45) is 3.91. The minimum atomic E-state index is -0.938. The predicted octanol–water partition coefficient (Wildman–Crippen LogP) is 3.18. The number of benzene rings is 1. The van der Waals surface area contributed by atoms with E-state index in [1.807, 2.05) is 6.92 Å². The zero-order valence-electron chi connectivity index (χ0n) is 14.7. The van der Waals surface area contributed by atoms with Gasteiger partial charge in [0.1, 0.15) is 17.4 Å². The monoisotopic (exact) mass is 347 g/mol. The molecule has 0 aliphatic rings. The van der Waals surface area contributed by atoms with Gasteiger partial charge in [-0.25, -0.2) is 4.79 Å². The van der Waals surface area contributed by atoms with Crippen molar-refractivity contribution in [2.75, 3.05) is 0 Å². The fourth-order valence-electron chi connectivity index (χ4n) is 2.91. The summed E-state index contributed by atoms with van der Waals surface area (Å²) in [6, 6.07) is 4.07. The van der Waals surface area contributed by atoms with Gasteiger partial charge in [0.25, 0.3) is 0 Å². The maximum atomic E-state index is 11.9. The zero-order valence-corrected chi connectivity index (χ0v) is 14.7. The standard InChI is InChI=1S/C19H25NO5/c1-3-5-7-12-10-17(22)25-18-13(12)8-9-16(21)14(18)11-20-15(6-4-2)19(23)24/h8-10,15,20-21H,3-7,11H2,1-2H3,(H,23,24)/t15-/m0/s1. The van der Waals surface area contributed by atoms with E-state index in [-0.39, 0.29) is 12.3 Å². The molecule has 2 rings (SSSR count). The number of carboxylic acid groups (broad SMARTS) is 1. The van der Waals surface area contributed by atoms with Gasteiger partial charge in [0.15, 0.2) is 0 Å². The highest BCUT2D eigenvalue weighted by Crippen LogP contribution is 2.29. The van der Waals surface area contributed by atoms with Gasteiger partial charge in [-0.1, -0.05) is 26.7 Å². The number of aryl methyl sites for hydroxylation is 1. The molecule has 1 atom stereocenters. The van der Waals surface area contributed by atoms with E-state index in [1.54, 1.807) is 12.1 Å². The number of aromatic hydroxyl groups is 1. The molecule has 2 aromatic rings. The first-order valence-corrected chi connectivity index (χ1v) is 8.71. The van der Waals surface area contributed by atoms with Gasteiger partial charge in [-0.15, -0.1) is 0 Å². The van der Waals surface area contributed by atoms with Crippen LogP contribution in [0.3, 0.4) is 0 Å². The average Bonchev–Trinajstić information content (AvgIpc) is 2.57. The maximum absolute atomic E-state index is 11.9. The Kier molecular flexibility index (Phi) is 6.58. The van der Waals surface area contributed by atoms with Crippen molar-refractivity contribution in [1.29, 1.82) is 0 Å². The van der Waals surface area contributed by atoms with Crippen molar-refractivity contribution in [2.45, 2.75) is 58.5 Å². The highest BCUT2D eigenvalue weighted by Gasteiger charge is 2.19. The number of carbonyl (C=O) groups is 1. The van der Waals surface area contributed by atoms with Crippen molar-refractivity contribution in [3.63, 3.8) is 0 Å². The van der Waals surface area contributed by atoms with Crippen molar-refractivity contribution >= 4 is 16.9 Å². The van der Waals surface area contributed by atoms with E-state index in [2.05, 4.69) is 12.2 Å². The number of hydrogen-bond donors (Lipinski definition) is 3. The second-order valence-corrected chi connectivity index (χ2v) is 6.19. The maximum Gasteiger partial charge on any atom is 0.336 e. The summed E-state index contributed by atoms with van der Waals surface area (Å²) < 4.78 is 5.34. The van der Waals surface area contributed by atoms with Crippen LogP contribution in [0.15, 0.2) is 27.4 Å². The van der Waals surface area contributed by atoms with Gasteiger partial charge in [0, 0.05) is 18.0 Å². The SMILES string of the molecule is CCCCc1cc(=O)oc2c(CN[C@@H](CCC)C(=O)O)c(O)ccc12. The van der Waals surface area contributed by atoms with E-state index < -0.39 is 17.6 Å². The largest absolute Gasteiger partial charge is 0.507 e. The van der Waals surface area contributed by atoms with Crippen LogP contribution in [0.1, 0.15) is 50.7 Å². The van der Waals surface area contributed by atoms with E-state index in [1.165, 1.54) is 6.07 Å².